The smallest absolute Gasteiger partial charge is 0.271 e. The van der Waals surface area contributed by atoms with E-state index >= 15 is 0 Å². The molecule has 1 fully saturated rings. The van der Waals surface area contributed by atoms with Crippen LogP contribution in [0.25, 0.3) is 0 Å². The monoisotopic (exact) mass is 236 g/mol. The first-order valence-corrected chi connectivity index (χ1v) is 6.17. The van der Waals surface area contributed by atoms with Gasteiger partial charge in [0, 0.05) is 25.8 Å². The molecule has 0 spiro atoms. The van der Waals surface area contributed by atoms with Gasteiger partial charge in [-0.3, -0.25) is 4.79 Å². The zero-order valence-corrected chi connectivity index (χ0v) is 10.2. The van der Waals surface area contributed by atoms with Crippen LogP contribution in [0.15, 0.2) is 12.5 Å². The number of amides is 1. The second-order valence-corrected chi connectivity index (χ2v) is 4.92. The van der Waals surface area contributed by atoms with E-state index in [-0.39, 0.29) is 5.91 Å². The molecule has 1 aromatic rings. The van der Waals surface area contributed by atoms with E-state index in [9.17, 15) is 4.79 Å². The van der Waals surface area contributed by atoms with E-state index in [1.165, 1.54) is 0 Å². The number of aryl methyl sites for hydroxylation is 1. The Labute approximate surface area is 101 Å². The summed E-state index contributed by atoms with van der Waals surface area (Å²) < 4.78 is 1.77. The quantitative estimate of drug-likeness (QED) is 0.810. The van der Waals surface area contributed by atoms with Gasteiger partial charge < -0.3 is 15.6 Å². The van der Waals surface area contributed by atoms with E-state index in [1.807, 2.05) is 7.05 Å². The standard InChI is InChI=1S/C12H20N4O/c1-16-7-11(15-8-16)12(17)14-6-9-2-4-10(13)5-3-9/h7-10H,2-6,13H2,1H3,(H,14,17). The van der Waals surface area contributed by atoms with Crippen molar-refractivity contribution in [2.75, 3.05) is 6.54 Å². The number of nitrogens with one attached hydrogen (secondary N) is 1. The predicted octanol–water partition coefficient (Wildman–Crippen LogP) is 0.667. The average Bonchev–Trinajstić information content (AvgIpc) is 2.75. The predicted molar refractivity (Wildman–Crippen MR) is 65.5 cm³/mol. The summed E-state index contributed by atoms with van der Waals surface area (Å²) in [7, 11) is 1.85. The van der Waals surface area contributed by atoms with Crippen LogP contribution in [0.3, 0.4) is 0 Å². The van der Waals surface area contributed by atoms with Crippen LogP contribution < -0.4 is 11.1 Å². The zero-order chi connectivity index (χ0) is 12.3. The van der Waals surface area contributed by atoms with Crippen molar-refractivity contribution in [3.8, 4) is 0 Å². The lowest BCUT2D eigenvalue weighted by atomic mass is 9.86. The van der Waals surface area contributed by atoms with Gasteiger partial charge in [-0.15, -0.1) is 0 Å². The topological polar surface area (TPSA) is 72.9 Å². The van der Waals surface area contributed by atoms with Crippen molar-refractivity contribution >= 4 is 5.91 Å². The summed E-state index contributed by atoms with van der Waals surface area (Å²) in [5.41, 5.74) is 6.33. The molecule has 1 amide bonds. The number of nitrogens with zero attached hydrogens (tertiary/aromatic N) is 2. The number of hydrogen-bond donors (Lipinski definition) is 2. The molecule has 0 unspecified atom stereocenters. The summed E-state index contributed by atoms with van der Waals surface area (Å²) in [5.74, 6) is 0.489. The van der Waals surface area contributed by atoms with Crippen LogP contribution in [0.1, 0.15) is 36.2 Å². The Morgan fingerprint density at radius 1 is 1.53 bits per heavy atom. The minimum atomic E-state index is -0.0829. The Balaban J connectivity index is 1.76. The first-order chi connectivity index (χ1) is 8.15. The van der Waals surface area contributed by atoms with Crippen LogP contribution in [0.2, 0.25) is 0 Å². The van der Waals surface area contributed by atoms with Crippen molar-refractivity contribution in [3.63, 3.8) is 0 Å². The summed E-state index contributed by atoms with van der Waals surface area (Å²) in [4.78, 5) is 15.8. The average molecular weight is 236 g/mol. The number of carbonyl (C=O) groups excluding carboxylic acids is 1. The van der Waals surface area contributed by atoms with Gasteiger partial charge in [0.1, 0.15) is 5.69 Å². The van der Waals surface area contributed by atoms with Gasteiger partial charge >= 0.3 is 0 Å². The van der Waals surface area contributed by atoms with Crippen LogP contribution in [-0.2, 0) is 7.05 Å². The maximum absolute atomic E-state index is 11.8. The molecule has 0 bridgehead atoms. The van der Waals surface area contributed by atoms with Crippen molar-refractivity contribution in [1.82, 2.24) is 14.9 Å². The lowest BCUT2D eigenvalue weighted by Gasteiger charge is -2.25. The molecule has 0 atom stereocenters. The molecule has 3 N–H and O–H groups in total. The van der Waals surface area contributed by atoms with Crippen LogP contribution in [-0.4, -0.2) is 28.0 Å². The van der Waals surface area contributed by atoms with E-state index < -0.39 is 0 Å². The third-order valence-corrected chi connectivity index (χ3v) is 3.38. The second-order valence-electron chi connectivity index (χ2n) is 4.92. The molecule has 1 aliphatic carbocycles. The van der Waals surface area contributed by atoms with Crippen LogP contribution in [0.5, 0.6) is 0 Å². The first kappa shape index (κ1) is 12.1. The molecule has 0 aromatic carbocycles. The molecule has 5 nitrogen and oxygen atoms in total. The Hall–Kier alpha value is -1.36. The van der Waals surface area contributed by atoms with E-state index in [1.54, 1.807) is 17.1 Å². The minimum absolute atomic E-state index is 0.0829. The Kier molecular flexibility index (Phi) is 3.78. The van der Waals surface area contributed by atoms with Crippen molar-refractivity contribution < 1.29 is 4.79 Å². The number of hydrogen-bond acceptors (Lipinski definition) is 3. The fraction of sp³-hybridized carbons (Fsp3) is 0.667. The molecule has 94 valence electrons. The Morgan fingerprint density at radius 3 is 2.82 bits per heavy atom. The molecule has 0 saturated heterocycles. The number of nitrogens with two attached hydrogens (primary N) is 1. The van der Waals surface area contributed by atoms with Crippen LogP contribution in [0, 0.1) is 5.92 Å². The number of rotatable bonds is 3. The van der Waals surface area contributed by atoms with Crippen molar-refractivity contribution in [2.24, 2.45) is 18.7 Å². The molecule has 1 saturated carbocycles. The highest BCUT2D eigenvalue weighted by Crippen LogP contribution is 2.22. The van der Waals surface area contributed by atoms with Gasteiger partial charge in [0.15, 0.2) is 0 Å². The number of imidazole rings is 1. The van der Waals surface area contributed by atoms with Crippen molar-refractivity contribution in [2.45, 2.75) is 31.7 Å². The normalized spacial score (nSPS) is 24.6. The fourth-order valence-corrected chi connectivity index (χ4v) is 2.25. The van der Waals surface area contributed by atoms with Gasteiger partial charge in [0.2, 0.25) is 0 Å². The van der Waals surface area contributed by atoms with Gasteiger partial charge in [-0.1, -0.05) is 0 Å². The van der Waals surface area contributed by atoms with Gasteiger partial charge in [-0.2, -0.15) is 0 Å². The van der Waals surface area contributed by atoms with E-state index in [0.29, 0.717) is 17.7 Å². The SMILES string of the molecule is Cn1cnc(C(=O)NCC2CCC(N)CC2)c1. The second kappa shape index (κ2) is 5.31. The van der Waals surface area contributed by atoms with Crippen LogP contribution in [0.4, 0.5) is 0 Å². The molecule has 0 radical (unpaired) electrons. The molecule has 1 heterocycles. The summed E-state index contributed by atoms with van der Waals surface area (Å²) in [5, 5.41) is 2.94. The third kappa shape index (κ3) is 3.30. The molecule has 0 aliphatic heterocycles. The first-order valence-electron chi connectivity index (χ1n) is 6.17. The molecule has 2 rings (SSSR count). The highest BCUT2D eigenvalue weighted by molar-refractivity contribution is 5.91. The largest absolute Gasteiger partial charge is 0.350 e. The molecular formula is C12H20N4O. The lowest BCUT2D eigenvalue weighted by Crippen LogP contribution is -2.34. The zero-order valence-electron chi connectivity index (χ0n) is 10.2. The van der Waals surface area contributed by atoms with Gasteiger partial charge in [0.05, 0.1) is 6.33 Å². The molecule has 1 aromatic heterocycles. The lowest BCUT2D eigenvalue weighted by molar-refractivity contribution is 0.0938. The highest BCUT2D eigenvalue weighted by Gasteiger charge is 2.19. The molecule has 5 heteroatoms. The third-order valence-electron chi connectivity index (χ3n) is 3.38. The van der Waals surface area contributed by atoms with E-state index in [2.05, 4.69) is 10.3 Å². The molecular weight excluding hydrogens is 216 g/mol. The number of carbonyl (C=O) groups is 1. The van der Waals surface area contributed by atoms with Gasteiger partial charge in [-0.05, 0) is 31.6 Å². The van der Waals surface area contributed by atoms with Gasteiger partial charge in [-0.25, -0.2) is 4.98 Å². The molecule has 17 heavy (non-hydrogen) atoms. The maximum Gasteiger partial charge on any atom is 0.271 e. The van der Waals surface area contributed by atoms with E-state index in [4.69, 9.17) is 5.73 Å². The van der Waals surface area contributed by atoms with E-state index in [0.717, 1.165) is 32.2 Å². The molecule has 1 aliphatic rings. The van der Waals surface area contributed by atoms with Crippen molar-refractivity contribution in [1.29, 1.82) is 0 Å². The number of aromatic nitrogens is 2. The fourth-order valence-electron chi connectivity index (χ4n) is 2.25. The summed E-state index contributed by atoms with van der Waals surface area (Å²) in [6, 6.07) is 0.359. The summed E-state index contributed by atoms with van der Waals surface area (Å²) in [6.07, 6.45) is 7.74. The Bertz CT molecular complexity index is 380. The highest BCUT2D eigenvalue weighted by atomic mass is 16.1. The van der Waals surface area contributed by atoms with Crippen LogP contribution >= 0.6 is 0 Å². The maximum atomic E-state index is 11.8. The summed E-state index contributed by atoms with van der Waals surface area (Å²) in [6.45, 7) is 0.738. The van der Waals surface area contributed by atoms with Gasteiger partial charge in [0.25, 0.3) is 5.91 Å². The Morgan fingerprint density at radius 2 is 2.24 bits per heavy atom. The van der Waals surface area contributed by atoms with Crippen molar-refractivity contribution in [3.05, 3.63) is 18.2 Å². The minimum Gasteiger partial charge on any atom is -0.350 e. The summed E-state index contributed by atoms with van der Waals surface area (Å²) >= 11 is 0.